The second-order valence-electron chi connectivity index (χ2n) is 11.8. The van der Waals surface area contributed by atoms with Gasteiger partial charge in [0.25, 0.3) is 0 Å². The summed E-state index contributed by atoms with van der Waals surface area (Å²) in [7, 11) is 0. The summed E-state index contributed by atoms with van der Waals surface area (Å²) in [6.45, 7) is 0.733. The minimum absolute atomic E-state index is 0.638. The molecule has 0 aliphatic carbocycles. The number of thiophene rings is 2. The molecule has 0 bridgehead atoms. The van der Waals surface area contributed by atoms with Gasteiger partial charge >= 0.3 is 0 Å². The van der Waals surface area contributed by atoms with Crippen molar-refractivity contribution in [1.29, 1.82) is 0 Å². The highest BCUT2D eigenvalue weighted by Crippen LogP contribution is 2.53. The van der Waals surface area contributed by atoms with E-state index in [9.17, 15) is 0 Å². The Balaban J connectivity index is 1.47. The van der Waals surface area contributed by atoms with Crippen LogP contribution < -0.4 is 0 Å². The smallest absolute Gasteiger partial charge is 0.120 e. The van der Waals surface area contributed by atoms with E-state index in [1.165, 1.54) is 75.1 Å². The van der Waals surface area contributed by atoms with Gasteiger partial charge in [0.05, 0.1) is 0 Å². The van der Waals surface area contributed by atoms with E-state index in [4.69, 9.17) is 4.74 Å². The molecule has 2 aromatic heterocycles. The van der Waals surface area contributed by atoms with E-state index in [1.807, 2.05) is 22.7 Å². The number of ether oxygens (including phenoxy) is 1. The molecule has 0 amide bonds. The van der Waals surface area contributed by atoms with Crippen LogP contribution in [0.2, 0.25) is 0 Å². The molecular weight excluding hydrogens is 573 g/mol. The lowest BCUT2D eigenvalue weighted by Gasteiger charge is -2.42. The molecular formula is C41H30OS2. The zero-order chi connectivity index (χ0) is 29.1. The predicted molar refractivity (Wildman–Crippen MR) is 190 cm³/mol. The van der Waals surface area contributed by atoms with Gasteiger partial charge < -0.3 is 4.74 Å². The maximum absolute atomic E-state index is 7.37. The van der Waals surface area contributed by atoms with Crippen LogP contribution in [0.15, 0.2) is 132 Å². The van der Waals surface area contributed by atoms with Crippen LogP contribution in [0.4, 0.5) is 0 Å². The molecule has 1 aliphatic rings. The Kier molecular flexibility index (Phi) is 6.19. The van der Waals surface area contributed by atoms with E-state index in [1.54, 1.807) is 0 Å². The van der Waals surface area contributed by atoms with Crippen LogP contribution in [-0.4, -0.2) is 6.61 Å². The van der Waals surface area contributed by atoms with Crippen molar-refractivity contribution in [3.63, 3.8) is 0 Å². The molecule has 1 nitrogen and oxygen atoms in total. The molecule has 3 heterocycles. The van der Waals surface area contributed by atoms with Gasteiger partial charge in [-0.2, -0.15) is 0 Å². The van der Waals surface area contributed by atoms with E-state index in [-0.39, 0.29) is 0 Å². The zero-order valence-electron chi connectivity index (χ0n) is 24.3. The van der Waals surface area contributed by atoms with E-state index < -0.39 is 5.60 Å². The quantitative estimate of drug-likeness (QED) is 0.195. The van der Waals surface area contributed by atoms with Gasteiger partial charge in [-0.25, -0.2) is 0 Å². The van der Waals surface area contributed by atoms with Gasteiger partial charge in [0.15, 0.2) is 0 Å². The molecule has 6 aromatic carbocycles. The zero-order valence-corrected chi connectivity index (χ0v) is 25.9. The summed E-state index contributed by atoms with van der Waals surface area (Å²) in [5, 5.41) is 12.1. The third-order valence-electron chi connectivity index (χ3n) is 9.51. The van der Waals surface area contributed by atoms with Crippen molar-refractivity contribution in [3.05, 3.63) is 143 Å². The van der Waals surface area contributed by atoms with E-state index in [0.717, 1.165) is 25.9 Å². The number of hydrogen-bond donors (Lipinski definition) is 0. The molecule has 1 aliphatic heterocycles. The first kappa shape index (κ1) is 26.2. The average molecular weight is 603 g/mol. The van der Waals surface area contributed by atoms with Crippen molar-refractivity contribution in [2.45, 2.75) is 24.9 Å². The number of rotatable bonds is 4. The third kappa shape index (κ3) is 3.93. The Morgan fingerprint density at radius 2 is 1.00 bits per heavy atom. The summed E-state index contributed by atoms with van der Waals surface area (Å²) in [5.74, 6) is 0. The van der Waals surface area contributed by atoms with Crippen LogP contribution in [0.25, 0.3) is 64.0 Å². The fourth-order valence-corrected chi connectivity index (χ4v) is 9.26. The predicted octanol–water partition coefficient (Wildman–Crippen LogP) is 12.2. The Morgan fingerprint density at radius 3 is 1.52 bits per heavy atom. The van der Waals surface area contributed by atoms with Crippen molar-refractivity contribution in [1.82, 2.24) is 0 Å². The first-order valence-electron chi connectivity index (χ1n) is 15.4. The summed E-state index contributed by atoms with van der Waals surface area (Å²) in [5.41, 5.74) is 7.04. The number of benzene rings is 6. The van der Waals surface area contributed by atoms with Gasteiger partial charge in [0, 0.05) is 37.9 Å². The van der Waals surface area contributed by atoms with E-state index in [0.29, 0.717) is 0 Å². The van der Waals surface area contributed by atoms with Crippen molar-refractivity contribution in [2.24, 2.45) is 0 Å². The summed E-state index contributed by atoms with van der Waals surface area (Å²) in [6, 6.07) is 45.2. The fourth-order valence-electron chi connectivity index (χ4n) is 7.63. The van der Waals surface area contributed by atoms with E-state index >= 15 is 0 Å². The van der Waals surface area contributed by atoms with Gasteiger partial charge in [0.2, 0.25) is 0 Å². The maximum Gasteiger partial charge on any atom is 0.120 e. The second kappa shape index (κ2) is 10.4. The van der Waals surface area contributed by atoms with Gasteiger partial charge in [-0.05, 0) is 98.1 Å². The van der Waals surface area contributed by atoms with Crippen LogP contribution in [0.5, 0.6) is 0 Å². The SMILES string of the molecule is c1ccc2c(C3(c4c(-c5cccc6sccc56)ccc5ccccc45)CCCCO3)c(-c3cccc4sccc34)ccc2c1. The molecule has 1 saturated heterocycles. The summed E-state index contributed by atoms with van der Waals surface area (Å²) in [4.78, 5) is 0. The summed E-state index contributed by atoms with van der Waals surface area (Å²) >= 11 is 3.62. The van der Waals surface area contributed by atoms with Gasteiger partial charge in [-0.1, -0.05) is 97.1 Å². The van der Waals surface area contributed by atoms with Gasteiger partial charge in [-0.3, -0.25) is 0 Å². The molecule has 8 aromatic rings. The first-order chi connectivity index (χ1) is 21.8. The van der Waals surface area contributed by atoms with Gasteiger partial charge in [0.1, 0.15) is 5.60 Å². The van der Waals surface area contributed by atoms with Crippen molar-refractivity contribution in [3.8, 4) is 22.3 Å². The monoisotopic (exact) mass is 602 g/mol. The molecule has 9 rings (SSSR count). The Labute approximate surface area is 265 Å². The maximum atomic E-state index is 7.37. The Bertz CT molecular complexity index is 2170. The third-order valence-corrected chi connectivity index (χ3v) is 11.3. The van der Waals surface area contributed by atoms with Crippen LogP contribution in [0.1, 0.15) is 30.4 Å². The number of fused-ring (bicyclic) bond motifs is 4. The molecule has 3 heteroatoms. The topological polar surface area (TPSA) is 9.23 Å². The molecule has 1 fully saturated rings. The molecule has 44 heavy (non-hydrogen) atoms. The lowest BCUT2D eigenvalue weighted by atomic mass is 9.71. The highest BCUT2D eigenvalue weighted by atomic mass is 32.1. The van der Waals surface area contributed by atoms with Crippen LogP contribution >= 0.6 is 22.7 Å². The fraction of sp³-hybridized carbons (Fsp3) is 0.122. The standard InChI is InChI=1S/C41H30OS2/c1-3-11-29-27(9-1)17-19-35(31-13-7-15-37-33(31)21-25-43-37)39(29)41(23-5-6-24-42-41)40-30-12-4-2-10-28(30)18-20-36(40)32-14-8-16-38-34(32)22-26-44-38/h1-4,7-22,25-26H,5-6,23-24H2. The molecule has 0 radical (unpaired) electrons. The first-order valence-corrected chi connectivity index (χ1v) is 17.2. The highest BCUT2D eigenvalue weighted by Gasteiger charge is 2.43. The summed E-state index contributed by atoms with van der Waals surface area (Å²) < 4.78 is 10.0. The Morgan fingerprint density at radius 1 is 0.455 bits per heavy atom. The van der Waals surface area contributed by atoms with Crippen molar-refractivity contribution >= 4 is 64.4 Å². The van der Waals surface area contributed by atoms with Gasteiger partial charge in [-0.15, -0.1) is 22.7 Å². The largest absolute Gasteiger partial charge is 0.365 e. The second-order valence-corrected chi connectivity index (χ2v) is 13.7. The minimum atomic E-state index is -0.638. The molecule has 0 atom stereocenters. The minimum Gasteiger partial charge on any atom is -0.365 e. The lowest BCUT2D eigenvalue weighted by molar-refractivity contribution is -0.0505. The molecule has 0 N–H and O–H groups in total. The van der Waals surface area contributed by atoms with Crippen LogP contribution in [0.3, 0.4) is 0 Å². The Hall–Kier alpha value is -4.28. The van der Waals surface area contributed by atoms with Crippen molar-refractivity contribution in [2.75, 3.05) is 6.61 Å². The molecule has 212 valence electrons. The summed E-state index contributed by atoms with van der Waals surface area (Å²) in [6.07, 6.45) is 3.10. The lowest BCUT2D eigenvalue weighted by Crippen LogP contribution is -2.36. The molecule has 0 spiro atoms. The van der Waals surface area contributed by atoms with Crippen LogP contribution in [-0.2, 0) is 10.3 Å². The van der Waals surface area contributed by atoms with E-state index in [2.05, 4.69) is 132 Å². The molecule has 0 unspecified atom stereocenters. The van der Waals surface area contributed by atoms with Crippen LogP contribution in [0, 0.1) is 0 Å². The van der Waals surface area contributed by atoms with Crippen molar-refractivity contribution < 1.29 is 4.74 Å². The normalized spacial score (nSPS) is 15.0. The number of hydrogen-bond acceptors (Lipinski definition) is 3. The molecule has 0 saturated carbocycles. The average Bonchev–Trinajstić information content (AvgIpc) is 3.78. The highest BCUT2D eigenvalue weighted by molar-refractivity contribution is 7.17.